The summed E-state index contributed by atoms with van der Waals surface area (Å²) in [6.07, 6.45) is 4.97. The summed E-state index contributed by atoms with van der Waals surface area (Å²) >= 11 is 0. The molecule has 1 atom stereocenters. The zero-order valence-corrected chi connectivity index (χ0v) is 12.5. The van der Waals surface area contributed by atoms with Crippen LogP contribution in [0.5, 0.6) is 0 Å². The van der Waals surface area contributed by atoms with E-state index in [1.54, 1.807) is 0 Å². The Bertz CT molecular complexity index is 310. The third-order valence-corrected chi connectivity index (χ3v) is 3.31. The van der Waals surface area contributed by atoms with Gasteiger partial charge in [-0.1, -0.05) is 51.1 Å². The minimum Gasteiger partial charge on any atom is -0.314 e. The number of aryl methyl sites for hydroxylation is 1. The number of hydrogen-bond donors (Lipinski definition) is 1. The molecule has 0 heterocycles. The van der Waals surface area contributed by atoms with Crippen molar-refractivity contribution in [1.82, 2.24) is 5.32 Å². The summed E-state index contributed by atoms with van der Waals surface area (Å²) in [5, 5.41) is 3.63. The average molecular weight is 247 g/mol. The predicted octanol–water partition coefficient (Wildman–Crippen LogP) is 4.42. The lowest BCUT2D eigenvalue weighted by molar-refractivity contribution is 0.336. The molecule has 1 rings (SSSR count). The Morgan fingerprint density at radius 2 is 1.78 bits per heavy atom. The van der Waals surface area contributed by atoms with E-state index in [9.17, 15) is 0 Å². The number of hydrogen-bond acceptors (Lipinski definition) is 1. The molecule has 0 aliphatic heterocycles. The largest absolute Gasteiger partial charge is 0.314 e. The maximum Gasteiger partial charge on any atom is 0.00389 e. The number of nitrogens with one attached hydrogen (secondary N) is 1. The van der Waals surface area contributed by atoms with Gasteiger partial charge in [0.15, 0.2) is 0 Å². The van der Waals surface area contributed by atoms with E-state index >= 15 is 0 Å². The van der Waals surface area contributed by atoms with Gasteiger partial charge in [-0.3, -0.25) is 0 Å². The van der Waals surface area contributed by atoms with E-state index < -0.39 is 0 Å². The summed E-state index contributed by atoms with van der Waals surface area (Å²) in [5.74, 6) is 0. The van der Waals surface area contributed by atoms with Crippen molar-refractivity contribution in [2.24, 2.45) is 5.41 Å². The highest BCUT2D eigenvalue weighted by molar-refractivity contribution is 5.14. The van der Waals surface area contributed by atoms with Gasteiger partial charge in [-0.05, 0) is 50.1 Å². The molecule has 0 amide bonds. The number of benzene rings is 1. The fourth-order valence-electron chi connectivity index (χ4n) is 2.04. The van der Waals surface area contributed by atoms with Crippen molar-refractivity contribution in [2.75, 3.05) is 6.54 Å². The lowest BCUT2D eigenvalue weighted by Crippen LogP contribution is -2.28. The lowest BCUT2D eigenvalue weighted by atomic mass is 9.89. The van der Waals surface area contributed by atoms with Gasteiger partial charge in [0.1, 0.15) is 0 Å². The molecule has 0 spiro atoms. The molecule has 0 radical (unpaired) electrons. The van der Waals surface area contributed by atoms with Gasteiger partial charge in [-0.25, -0.2) is 0 Å². The Hall–Kier alpha value is -0.820. The molecule has 0 aliphatic carbocycles. The van der Waals surface area contributed by atoms with Gasteiger partial charge in [0, 0.05) is 6.04 Å². The SMILES string of the molecule is CC(CCC(C)(C)C)NCCCc1ccccc1. The molecule has 1 N–H and O–H groups in total. The predicted molar refractivity (Wildman–Crippen MR) is 80.9 cm³/mol. The fraction of sp³-hybridized carbons (Fsp3) is 0.647. The highest BCUT2D eigenvalue weighted by Crippen LogP contribution is 2.21. The third-order valence-electron chi connectivity index (χ3n) is 3.31. The first-order valence-electron chi connectivity index (χ1n) is 7.25. The first kappa shape index (κ1) is 15.2. The Balaban J connectivity index is 2.07. The minimum atomic E-state index is 0.458. The monoisotopic (exact) mass is 247 g/mol. The quantitative estimate of drug-likeness (QED) is 0.703. The molecule has 1 aromatic carbocycles. The van der Waals surface area contributed by atoms with E-state index in [0.29, 0.717) is 11.5 Å². The second-order valence-corrected chi connectivity index (χ2v) is 6.54. The average Bonchev–Trinajstić information content (AvgIpc) is 2.33. The van der Waals surface area contributed by atoms with Crippen molar-refractivity contribution in [2.45, 2.75) is 59.4 Å². The van der Waals surface area contributed by atoms with Crippen molar-refractivity contribution in [3.05, 3.63) is 35.9 Å². The molecule has 0 fully saturated rings. The molecule has 1 unspecified atom stereocenters. The molecule has 102 valence electrons. The zero-order valence-electron chi connectivity index (χ0n) is 12.5. The Morgan fingerprint density at radius 1 is 1.11 bits per heavy atom. The molecular formula is C17H29N. The molecule has 1 heteroatoms. The van der Waals surface area contributed by atoms with Crippen LogP contribution in [0.3, 0.4) is 0 Å². The summed E-state index contributed by atoms with van der Waals surface area (Å²) in [6, 6.07) is 11.4. The van der Waals surface area contributed by atoms with Gasteiger partial charge in [0.25, 0.3) is 0 Å². The normalized spacial score (nSPS) is 13.6. The zero-order chi connectivity index (χ0) is 13.4. The van der Waals surface area contributed by atoms with E-state index in [1.807, 2.05) is 0 Å². The highest BCUT2D eigenvalue weighted by atomic mass is 14.9. The van der Waals surface area contributed by atoms with Crippen molar-refractivity contribution >= 4 is 0 Å². The van der Waals surface area contributed by atoms with Crippen LogP contribution in [-0.2, 0) is 6.42 Å². The van der Waals surface area contributed by atoms with Crippen molar-refractivity contribution in [1.29, 1.82) is 0 Å². The molecule has 0 bridgehead atoms. The van der Waals surface area contributed by atoms with E-state index in [2.05, 4.69) is 63.3 Å². The molecular weight excluding hydrogens is 218 g/mol. The van der Waals surface area contributed by atoms with Gasteiger partial charge in [0.2, 0.25) is 0 Å². The van der Waals surface area contributed by atoms with Crippen LogP contribution in [0.1, 0.15) is 52.5 Å². The van der Waals surface area contributed by atoms with Gasteiger partial charge < -0.3 is 5.32 Å². The first-order chi connectivity index (χ1) is 8.47. The van der Waals surface area contributed by atoms with E-state index in [4.69, 9.17) is 0 Å². The van der Waals surface area contributed by atoms with Gasteiger partial charge in [-0.15, -0.1) is 0 Å². The van der Waals surface area contributed by atoms with Crippen LogP contribution < -0.4 is 5.32 Å². The lowest BCUT2D eigenvalue weighted by Gasteiger charge is -2.21. The summed E-state index contributed by atoms with van der Waals surface area (Å²) in [6.45, 7) is 10.4. The van der Waals surface area contributed by atoms with Crippen molar-refractivity contribution in [3.63, 3.8) is 0 Å². The smallest absolute Gasteiger partial charge is 0.00389 e. The molecule has 1 nitrogen and oxygen atoms in total. The first-order valence-corrected chi connectivity index (χ1v) is 7.25. The Morgan fingerprint density at radius 3 is 2.39 bits per heavy atom. The molecule has 1 aromatic rings. The molecule has 0 saturated carbocycles. The molecule has 0 saturated heterocycles. The standard InChI is InChI=1S/C17H29N/c1-15(12-13-17(2,3)4)18-14-8-11-16-9-6-5-7-10-16/h5-7,9-10,15,18H,8,11-14H2,1-4H3. The minimum absolute atomic E-state index is 0.458. The van der Waals surface area contributed by atoms with Gasteiger partial charge >= 0.3 is 0 Å². The van der Waals surface area contributed by atoms with E-state index in [0.717, 1.165) is 6.54 Å². The summed E-state index contributed by atoms with van der Waals surface area (Å²) < 4.78 is 0. The maximum atomic E-state index is 3.63. The van der Waals surface area contributed by atoms with Crippen LogP contribution in [0.2, 0.25) is 0 Å². The summed E-state index contributed by atoms with van der Waals surface area (Å²) in [4.78, 5) is 0. The topological polar surface area (TPSA) is 12.0 Å². The van der Waals surface area contributed by atoms with Crippen LogP contribution in [-0.4, -0.2) is 12.6 Å². The Kier molecular flexibility index (Phi) is 6.42. The van der Waals surface area contributed by atoms with Crippen LogP contribution >= 0.6 is 0 Å². The maximum absolute atomic E-state index is 3.63. The van der Waals surface area contributed by atoms with Gasteiger partial charge in [0.05, 0.1) is 0 Å². The fourth-order valence-corrected chi connectivity index (χ4v) is 2.04. The van der Waals surface area contributed by atoms with Crippen LogP contribution in [0.4, 0.5) is 0 Å². The van der Waals surface area contributed by atoms with Crippen molar-refractivity contribution in [3.8, 4) is 0 Å². The highest BCUT2D eigenvalue weighted by Gasteiger charge is 2.11. The molecule has 18 heavy (non-hydrogen) atoms. The van der Waals surface area contributed by atoms with E-state index in [-0.39, 0.29) is 0 Å². The van der Waals surface area contributed by atoms with Crippen LogP contribution in [0, 0.1) is 5.41 Å². The molecule has 0 aliphatic rings. The van der Waals surface area contributed by atoms with E-state index in [1.165, 1.54) is 31.2 Å². The third kappa shape index (κ3) is 7.50. The number of rotatable bonds is 7. The second kappa shape index (κ2) is 7.58. The van der Waals surface area contributed by atoms with Crippen molar-refractivity contribution < 1.29 is 0 Å². The Labute approximate surface area is 113 Å². The summed E-state index contributed by atoms with van der Waals surface area (Å²) in [5.41, 5.74) is 1.90. The van der Waals surface area contributed by atoms with Crippen LogP contribution in [0.25, 0.3) is 0 Å². The summed E-state index contributed by atoms with van der Waals surface area (Å²) in [7, 11) is 0. The second-order valence-electron chi connectivity index (χ2n) is 6.54. The molecule has 0 aromatic heterocycles. The van der Waals surface area contributed by atoms with Crippen LogP contribution in [0.15, 0.2) is 30.3 Å². The van der Waals surface area contributed by atoms with Gasteiger partial charge in [-0.2, -0.15) is 0 Å².